The third kappa shape index (κ3) is 2.74. The van der Waals surface area contributed by atoms with Gasteiger partial charge >= 0.3 is 0 Å². The molecule has 1 aromatic carbocycles. The number of methoxy groups -OCH3 is 1. The van der Waals surface area contributed by atoms with Gasteiger partial charge < -0.3 is 9.84 Å². The summed E-state index contributed by atoms with van der Waals surface area (Å²) >= 11 is 3.46. The van der Waals surface area contributed by atoms with E-state index in [1.54, 1.807) is 13.3 Å². The van der Waals surface area contributed by atoms with E-state index in [0.29, 0.717) is 0 Å². The van der Waals surface area contributed by atoms with Crippen LogP contribution in [0.5, 0.6) is 5.75 Å². The molecule has 0 spiro atoms. The van der Waals surface area contributed by atoms with Crippen LogP contribution in [0.15, 0.2) is 28.9 Å². The molecule has 2 aromatic rings. The number of aryl methyl sites for hydroxylation is 1. The molecule has 0 aliphatic carbocycles. The molecule has 1 N–H and O–H groups in total. The molecule has 0 saturated heterocycles. The molecule has 1 heterocycles. The molecule has 108 valence electrons. The van der Waals surface area contributed by atoms with E-state index in [9.17, 15) is 5.11 Å². The van der Waals surface area contributed by atoms with Gasteiger partial charge in [0.1, 0.15) is 11.9 Å². The van der Waals surface area contributed by atoms with Gasteiger partial charge in [0.2, 0.25) is 0 Å². The molecule has 0 saturated carbocycles. The number of benzene rings is 1. The molecular weight excluding hydrogens is 320 g/mol. The second-order valence-electron chi connectivity index (χ2n) is 5.05. The fourth-order valence-corrected chi connectivity index (χ4v) is 2.67. The van der Waals surface area contributed by atoms with E-state index in [2.05, 4.69) is 21.0 Å². The van der Waals surface area contributed by atoms with Crippen molar-refractivity contribution in [1.29, 1.82) is 0 Å². The fraction of sp³-hybridized carbons (Fsp3) is 0.400. The topological polar surface area (TPSA) is 47.3 Å². The summed E-state index contributed by atoms with van der Waals surface area (Å²) < 4.78 is 7.94. The number of ether oxygens (including phenoxy) is 1. The molecular formula is C15H19BrN2O2. The van der Waals surface area contributed by atoms with Gasteiger partial charge in [0.25, 0.3) is 0 Å². The van der Waals surface area contributed by atoms with Gasteiger partial charge in [0.15, 0.2) is 0 Å². The molecule has 0 fully saturated rings. The lowest BCUT2D eigenvalue weighted by Gasteiger charge is -2.18. The number of hydrogen-bond donors (Lipinski definition) is 1. The number of nitrogens with zero attached hydrogens (tertiary/aromatic N) is 2. The molecule has 5 heteroatoms. The van der Waals surface area contributed by atoms with Crippen molar-refractivity contribution in [2.24, 2.45) is 0 Å². The first kappa shape index (κ1) is 15.1. The zero-order valence-electron chi connectivity index (χ0n) is 12.1. The second kappa shape index (κ2) is 5.97. The highest BCUT2D eigenvalue weighted by Gasteiger charge is 2.21. The quantitative estimate of drug-likeness (QED) is 0.925. The third-order valence-corrected chi connectivity index (χ3v) is 3.89. The summed E-state index contributed by atoms with van der Waals surface area (Å²) in [5.74, 6) is 0.772. The lowest BCUT2D eigenvalue weighted by molar-refractivity contribution is 0.203. The molecule has 0 bridgehead atoms. The molecule has 1 aromatic heterocycles. The maximum absolute atomic E-state index is 10.7. The number of aromatic nitrogens is 2. The van der Waals surface area contributed by atoms with Gasteiger partial charge in [-0.1, -0.05) is 12.1 Å². The van der Waals surface area contributed by atoms with Crippen LogP contribution >= 0.6 is 15.9 Å². The monoisotopic (exact) mass is 338 g/mol. The largest absolute Gasteiger partial charge is 0.496 e. The van der Waals surface area contributed by atoms with E-state index in [1.807, 2.05) is 43.7 Å². The number of halogens is 1. The van der Waals surface area contributed by atoms with Gasteiger partial charge in [-0.25, -0.2) is 0 Å². The molecule has 4 nitrogen and oxygen atoms in total. The van der Waals surface area contributed by atoms with Crippen LogP contribution in [0.4, 0.5) is 0 Å². The first-order chi connectivity index (χ1) is 9.45. The Morgan fingerprint density at radius 3 is 2.65 bits per heavy atom. The summed E-state index contributed by atoms with van der Waals surface area (Å²) in [5.41, 5.74) is 2.58. The van der Waals surface area contributed by atoms with E-state index in [1.165, 1.54) is 0 Å². The normalized spacial score (nSPS) is 12.8. The zero-order valence-corrected chi connectivity index (χ0v) is 13.7. The third-order valence-electron chi connectivity index (χ3n) is 3.28. The van der Waals surface area contributed by atoms with Crippen molar-refractivity contribution < 1.29 is 9.84 Å². The Kier molecular flexibility index (Phi) is 4.50. The van der Waals surface area contributed by atoms with Crippen LogP contribution < -0.4 is 4.74 Å². The molecule has 0 aliphatic rings. The minimum absolute atomic E-state index is 0.179. The minimum Gasteiger partial charge on any atom is -0.496 e. The van der Waals surface area contributed by atoms with Gasteiger partial charge in [0, 0.05) is 6.04 Å². The van der Waals surface area contributed by atoms with Crippen molar-refractivity contribution >= 4 is 15.9 Å². The second-order valence-corrected chi connectivity index (χ2v) is 5.90. The van der Waals surface area contributed by atoms with Gasteiger partial charge in [0.05, 0.1) is 23.5 Å². The average Bonchev–Trinajstić information content (AvgIpc) is 2.80. The fourth-order valence-electron chi connectivity index (χ4n) is 2.18. The molecule has 1 atom stereocenters. The Morgan fingerprint density at radius 1 is 1.35 bits per heavy atom. The van der Waals surface area contributed by atoms with Crippen molar-refractivity contribution in [1.82, 2.24) is 9.78 Å². The molecule has 1 unspecified atom stereocenters. The molecule has 0 aliphatic heterocycles. The Labute approximate surface area is 127 Å². The average molecular weight is 339 g/mol. The summed E-state index contributed by atoms with van der Waals surface area (Å²) in [6.45, 7) is 6.04. The number of aliphatic hydroxyl groups is 1. The standard InChI is InChI=1S/C15H19BrN2O2/c1-9(2)18-14(12(16)8-17-18)15(19)11-6-5-10(3)13(7-11)20-4/h5-9,15,19H,1-4H3. The van der Waals surface area contributed by atoms with Crippen molar-refractivity contribution in [2.45, 2.75) is 32.9 Å². The van der Waals surface area contributed by atoms with Crippen molar-refractivity contribution in [3.05, 3.63) is 45.7 Å². The Bertz CT molecular complexity index is 608. The molecule has 0 amide bonds. The van der Waals surface area contributed by atoms with E-state index < -0.39 is 6.10 Å². The summed E-state index contributed by atoms with van der Waals surface area (Å²) in [4.78, 5) is 0. The van der Waals surface area contributed by atoms with Crippen molar-refractivity contribution in [3.8, 4) is 5.75 Å². The first-order valence-electron chi connectivity index (χ1n) is 6.51. The van der Waals surface area contributed by atoms with Crippen LogP contribution in [-0.4, -0.2) is 22.0 Å². The highest BCUT2D eigenvalue weighted by molar-refractivity contribution is 9.10. The van der Waals surface area contributed by atoms with Crippen LogP contribution in [0.25, 0.3) is 0 Å². The summed E-state index contributed by atoms with van der Waals surface area (Å²) in [6, 6.07) is 5.90. The maximum atomic E-state index is 10.7. The minimum atomic E-state index is -0.747. The maximum Gasteiger partial charge on any atom is 0.122 e. The first-order valence-corrected chi connectivity index (χ1v) is 7.30. The van der Waals surface area contributed by atoms with Gasteiger partial charge in [-0.05, 0) is 53.9 Å². The predicted molar refractivity (Wildman–Crippen MR) is 82.1 cm³/mol. The van der Waals surface area contributed by atoms with Crippen molar-refractivity contribution in [3.63, 3.8) is 0 Å². The van der Waals surface area contributed by atoms with Crippen LogP contribution in [0.1, 0.15) is 42.8 Å². The van der Waals surface area contributed by atoms with Gasteiger partial charge in [-0.2, -0.15) is 5.10 Å². The van der Waals surface area contributed by atoms with Crippen LogP contribution in [0.2, 0.25) is 0 Å². The number of hydrogen-bond acceptors (Lipinski definition) is 3. The Morgan fingerprint density at radius 2 is 2.05 bits per heavy atom. The SMILES string of the molecule is COc1cc(C(O)c2c(Br)cnn2C(C)C)ccc1C. The van der Waals surface area contributed by atoms with E-state index in [0.717, 1.165) is 27.0 Å². The lowest BCUT2D eigenvalue weighted by Crippen LogP contribution is -2.12. The van der Waals surface area contributed by atoms with Crippen LogP contribution in [0.3, 0.4) is 0 Å². The lowest BCUT2D eigenvalue weighted by atomic mass is 10.0. The Hall–Kier alpha value is -1.33. The van der Waals surface area contributed by atoms with Gasteiger partial charge in [-0.3, -0.25) is 4.68 Å². The molecule has 2 rings (SSSR count). The Balaban J connectivity index is 2.46. The van der Waals surface area contributed by atoms with E-state index in [-0.39, 0.29) is 6.04 Å². The summed E-state index contributed by atoms with van der Waals surface area (Å²) in [7, 11) is 1.63. The highest BCUT2D eigenvalue weighted by Crippen LogP contribution is 2.32. The number of aliphatic hydroxyl groups excluding tert-OH is 1. The highest BCUT2D eigenvalue weighted by atomic mass is 79.9. The number of rotatable bonds is 4. The van der Waals surface area contributed by atoms with E-state index in [4.69, 9.17) is 4.74 Å². The molecule has 20 heavy (non-hydrogen) atoms. The zero-order chi connectivity index (χ0) is 14.9. The molecule has 0 radical (unpaired) electrons. The van der Waals surface area contributed by atoms with Crippen molar-refractivity contribution in [2.75, 3.05) is 7.11 Å². The predicted octanol–water partition coefficient (Wildman–Crippen LogP) is 3.63. The van der Waals surface area contributed by atoms with Gasteiger partial charge in [-0.15, -0.1) is 0 Å². The van der Waals surface area contributed by atoms with Crippen LogP contribution in [0, 0.1) is 6.92 Å². The van der Waals surface area contributed by atoms with E-state index >= 15 is 0 Å². The van der Waals surface area contributed by atoms with Crippen LogP contribution in [-0.2, 0) is 0 Å². The summed E-state index contributed by atoms with van der Waals surface area (Å²) in [6.07, 6.45) is 0.966. The smallest absolute Gasteiger partial charge is 0.122 e. The summed E-state index contributed by atoms with van der Waals surface area (Å²) in [5, 5.41) is 15.0.